The average Bonchev–Trinajstić information content (AvgIpc) is 2.38. The van der Waals surface area contributed by atoms with Gasteiger partial charge in [0.2, 0.25) is 5.95 Å². The highest BCUT2D eigenvalue weighted by Crippen LogP contribution is 2.13. The van der Waals surface area contributed by atoms with Crippen molar-refractivity contribution in [2.24, 2.45) is 5.73 Å². The summed E-state index contributed by atoms with van der Waals surface area (Å²) in [5.41, 5.74) is 7.68. The Bertz CT molecular complexity index is 391. The van der Waals surface area contributed by atoms with Crippen LogP contribution in [0.1, 0.15) is 18.3 Å². The zero-order valence-corrected chi connectivity index (χ0v) is 12.6. The lowest BCUT2D eigenvalue weighted by Gasteiger charge is -2.34. The molecule has 1 fully saturated rings. The van der Waals surface area contributed by atoms with Gasteiger partial charge in [-0.2, -0.15) is 0 Å². The number of nitrogens with two attached hydrogens (primary N) is 1. The van der Waals surface area contributed by atoms with Gasteiger partial charge >= 0.3 is 0 Å². The van der Waals surface area contributed by atoms with Gasteiger partial charge in [0, 0.05) is 44.0 Å². The lowest BCUT2D eigenvalue weighted by atomic mass is 10.2. The molecule has 0 bridgehead atoms. The summed E-state index contributed by atoms with van der Waals surface area (Å²) in [6.07, 6.45) is 0.825. The molecule has 0 unspecified atom stereocenters. The van der Waals surface area contributed by atoms with E-state index in [1.807, 2.05) is 13.0 Å². The van der Waals surface area contributed by atoms with Crippen molar-refractivity contribution in [2.45, 2.75) is 20.3 Å². The average molecular weight is 286 g/mol. The number of nitrogens with zero attached hydrogens (tertiary/aromatic N) is 4. The second-order valence-electron chi connectivity index (χ2n) is 4.76. The van der Waals surface area contributed by atoms with Gasteiger partial charge in [-0.25, -0.2) is 9.97 Å². The molecule has 0 radical (unpaired) electrons. The maximum absolute atomic E-state index is 5.59. The Hall–Kier alpha value is -0.910. The predicted molar refractivity (Wildman–Crippen MR) is 81.1 cm³/mol. The molecular formula is C13H24ClN5. The van der Waals surface area contributed by atoms with E-state index in [-0.39, 0.29) is 12.4 Å². The summed E-state index contributed by atoms with van der Waals surface area (Å²) < 4.78 is 0. The van der Waals surface area contributed by atoms with E-state index >= 15 is 0 Å². The normalized spacial score (nSPS) is 16.3. The van der Waals surface area contributed by atoms with Gasteiger partial charge in [-0.05, 0) is 26.1 Å². The van der Waals surface area contributed by atoms with Crippen LogP contribution in [-0.4, -0.2) is 54.1 Å². The van der Waals surface area contributed by atoms with Gasteiger partial charge < -0.3 is 15.5 Å². The molecule has 5 nitrogen and oxygen atoms in total. The zero-order valence-electron chi connectivity index (χ0n) is 11.8. The molecule has 108 valence electrons. The van der Waals surface area contributed by atoms with E-state index in [4.69, 9.17) is 5.73 Å². The minimum atomic E-state index is 0. The van der Waals surface area contributed by atoms with E-state index in [9.17, 15) is 0 Å². The van der Waals surface area contributed by atoms with Crippen LogP contribution < -0.4 is 10.6 Å². The molecule has 1 aromatic rings. The van der Waals surface area contributed by atoms with Crippen LogP contribution in [0, 0.1) is 6.92 Å². The van der Waals surface area contributed by atoms with Crippen LogP contribution in [0.15, 0.2) is 6.07 Å². The van der Waals surface area contributed by atoms with Gasteiger partial charge in [0.15, 0.2) is 0 Å². The van der Waals surface area contributed by atoms with E-state index < -0.39 is 0 Å². The molecule has 0 atom stereocenters. The monoisotopic (exact) mass is 285 g/mol. The van der Waals surface area contributed by atoms with Crippen LogP contribution >= 0.6 is 12.4 Å². The van der Waals surface area contributed by atoms with Gasteiger partial charge in [0.25, 0.3) is 0 Å². The number of aryl methyl sites for hydroxylation is 1. The third kappa shape index (κ3) is 4.30. The van der Waals surface area contributed by atoms with Crippen molar-refractivity contribution in [3.63, 3.8) is 0 Å². The number of piperazine rings is 1. The summed E-state index contributed by atoms with van der Waals surface area (Å²) in [6.45, 7) is 10.2. The first-order chi connectivity index (χ1) is 8.72. The second kappa shape index (κ2) is 7.62. The molecule has 2 heterocycles. The molecule has 19 heavy (non-hydrogen) atoms. The van der Waals surface area contributed by atoms with Crippen LogP contribution in [0.5, 0.6) is 0 Å². The summed E-state index contributed by atoms with van der Waals surface area (Å²) in [7, 11) is 0. The van der Waals surface area contributed by atoms with Crippen LogP contribution in [0.3, 0.4) is 0 Å². The highest BCUT2D eigenvalue weighted by Gasteiger charge is 2.18. The SMILES string of the molecule is CCN1CCN(c2nc(C)cc(CCN)n2)CC1.Cl. The molecule has 0 saturated carbocycles. The summed E-state index contributed by atoms with van der Waals surface area (Å²) in [5, 5.41) is 0. The van der Waals surface area contributed by atoms with Crippen LogP contribution in [0.4, 0.5) is 5.95 Å². The fraction of sp³-hybridized carbons (Fsp3) is 0.692. The Balaban J connectivity index is 0.00000180. The topological polar surface area (TPSA) is 58.3 Å². The molecule has 1 aliphatic heterocycles. The molecule has 1 saturated heterocycles. The molecule has 1 aliphatic rings. The number of halogens is 1. The summed E-state index contributed by atoms with van der Waals surface area (Å²) in [5.74, 6) is 0.870. The largest absolute Gasteiger partial charge is 0.338 e. The number of likely N-dealkylation sites (N-methyl/N-ethyl adjacent to an activating group) is 1. The Kier molecular flexibility index (Phi) is 6.48. The third-order valence-electron chi connectivity index (χ3n) is 3.40. The van der Waals surface area contributed by atoms with Crippen molar-refractivity contribution in [3.05, 3.63) is 17.5 Å². The van der Waals surface area contributed by atoms with Crippen molar-refractivity contribution in [1.82, 2.24) is 14.9 Å². The number of rotatable bonds is 4. The number of hydrogen-bond donors (Lipinski definition) is 1. The first-order valence-electron chi connectivity index (χ1n) is 6.75. The smallest absolute Gasteiger partial charge is 0.225 e. The number of aromatic nitrogens is 2. The number of hydrogen-bond acceptors (Lipinski definition) is 5. The van der Waals surface area contributed by atoms with Crippen LogP contribution in [-0.2, 0) is 6.42 Å². The van der Waals surface area contributed by atoms with Crippen molar-refractivity contribution < 1.29 is 0 Å². The Morgan fingerprint density at radius 1 is 1.21 bits per heavy atom. The van der Waals surface area contributed by atoms with Gasteiger partial charge in [0.05, 0.1) is 0 Å². The Labute approximate surface area is 121 Å². The summed E-state index contributed by atoms with van der Waals surface area (Å²) >= 11 is 0. The van der Waals surface area contributed by atoms with Crippen LogP contribution in [0.2, 0.25) is 0 Å². The molecule has 2 N–H and O–H groups in total. The molecular weight excluding hydrogens is 262 g/mol. The molecule has 0 aliphatic carbocycles. The van der Waals surface area contributed by atoms with Crippen molar-refractivity contribution >= 4 is 18.4 Å². The van der Waals surface area contributed by atoms with Gasteiger partial charge in [-0.15, -0.1) is 12.4 Å². The van der Waals surface area contributed by atoms with E-state index in [0.717, 1.165) is 56.5 Å². The molecule has 6 heteroatoms. The van der Waals surface area contributed by atoms with E-state index in [1.54, 1.807) is 0 Å². The fourth-order valence-corrected chi connectivity index (χ4v) is 2.30. The van der Waals surface area contributed by atoms with Gasteiger partial charge in [-0.1, -0.05) is 6.92 Å². The highest BCUT2D eigenvalue weighted by molar-refractivity contribution is 5.85. The Morgan fingerprint density at radius 3 is 2.47 bits per heavy atom. The van der Waals surface area contributed by atoms with Crippen molar-refractivity contribution in [3.8, 4) is 0 Å². The number of anilines is 1. The van der Waals surface area contributed by atoms with Crippen molar-refractivity contribution in [2.75, 3.05) is 44.2 Å². The quantitative estimate of drug-likeness (QED) is 0.889. The van der Waals surface area contributed by atoms with E-state index in [0.29, 0.717) is 6.54 Å². The van der Waals surface area contributed by atoms with Gasteiger partial charge in [-0.3, -0.25) is 0 Å². The Morgan fingerprint density at radius 2 is 1.89 bits per heavy atom. The third-order valence-corrected chi connectivity index (χ3v) is 3.40. The fourth-order valence-electron chi connectivity index (χ4n) is 2.30. The molecule has 2 rings (SSSR count). The standard InChI is InChI=1S/C13H23N5.ClH/c1-3-17-6-8-18(9-7-17)13-15-11(2)10-12(16-13)4-5-14;/h10H,3-9,14H2,1-2H3;1H. The maximum Gasteiger partial charge on any atom is 0.225 e. The van der Waals surface area contributed by atoms with Crippen LogP contribution in [0.25, 0.3) is 0 Å². The predicted octanol–water partition coefficient (Wildman–Crippen LogP) is 0.850. The lowest BCUT2D eigenvalue weighted by Crippen LogP contribution is -2.46. The van der Waals surface area contributed by atoms with Crippen molar-refractivity contribution in [1.29, 1.82) is 0 Å². The summed E-state index contributed by atoms with van der Waals surface area (Å²) in [6, 6.07) is 2.03. The lowest BCUT2D eigenvalue weighted by molar-refractivity contribution is 0.270. The highest BCUT2D eigenvalue weighted by atomic mass is 35.5. The first kappa shape index (κ1) is 16.1. The van der Waals surface area contributed by atoms with Gasteiger partial charge in [0.1, 0.15) is 0 Å². The maximum atomic E-state index is 5.59. The molecule has 1 aromatic heterocycles. The van der Waals surface area contributed by atoms with E-state index in [1.165, 1.54) is 0 Å². The second-order valence-corrected chi connectivity index (χ2v) is 4.76. The minimum Gasteiger partial charge on any atom is -0.338 e. The van der Waals surface area contributed by atoms with E-state index in [2.05, 4.69) is 26.7 Å². The molecule has 0 aromatic carbocycles. The minimum absolute atomic E-state index is 0. The zero-order chi connectivity index (χ0) is 13.0. The first-order valence-corrected chi connectivity index (χ1v) is 6.75. The molecule has 0 spiro atoms. The molecule has 0 amide bonds. The summed E-state index contributed by atoms with van der Waals surface area (Å²) in [4.78, 5) is 13.9.